The summed E-state index contributed by atoms with van der Waals surface area (Å²) in [5.41, 5.74) is 0.748. The molecule has 4 nitrogen and oxygen atoms in total. The number of nitrogens with one attached hydrogen (secondary N) is 1. The predicted molar refractivity (Wildman–Crippen MR) is 103 cm³/mol. The Hall–Kier alpha value is -1.54. The molecule has 0 bridgehead atoms. The van der Waals surface area contributed by atoms with Gasteiger partial charge in [0.15, 0.2) is 11.6 Å². The monoisotopic (exact) mass is 417 g/mol. The van der Waals surface area contributed by atoms with Gasteiger partial charge in [-0.15, -0.1) is 12.4 Å². The van der Waals surface area contributed by atoms with E-state index in [4.69, 9.17) is 4.18 Å². The normalized spacial score (nSPS) is 19.3. The van der Waals surface area contributed by atoms with Crippen LogP contribution in [0.1, 0.15) is 29.9 Å². The van der Waals surface area contributed by atoms with E-state index in [1.54, 1.807) is 24.3 Å². The summed E-state index contributed by atoms with van der Waals surface area (Å²) in [4.78, 5) is 0. The van der Waals surface area contributed by atoms with Crippen LogP contribution in [0, 0.1) is 11.6 Å². The van der Waals surface area contributed by atoms with Gasteiger partial charge in [-0.1, -0.05) is 42.5 Å². The number of hydrogen-bond donors (Lipinski definition) is 1. The summed E-state index contributed by atoms with van der Waals surface area (Å²) in [6.45, 7) is 0.724. The smallest absolute Gasteiger partial charge is 0.264 e. The van der Waals surface area contributed by atoms with Crippen LogP contribution in [0.4, 0.5) is 8.78 Å². The summed E-state index contributed by atoms with van der Waals surface area (Å²) in [7, 11) is -3.80. The Morgan fingerprint density at radius 1 is 1.11 bits per heavy atom. The average molecular weight is 418 g/mol. The molecule has 148 valence electrons. The Kier molecular flexibility index (Phi) is 7.33. The first-order valence-electron chi connectivity index (χ1n) is 8.47. The van der Waals surface area contributed by atoms with E-state index < -0.39 is 33.8 Å². The van der Waals surface area contributed by atoms with Crippen LogP contribution >= 0.6 is 12.4 Å². The molecule has 1 N–H and O–H groups in total. The Bertz CT molecular complexity index is 859. The second kappa shape index (κ2) is 9.10. The molecule has 2 aromatic carbocycles. The van der Waals surface area contributed by atoms with Gasteiger partial charge in [0.25, 0.3) is 10.1 Å². The van der Waals surface area contributed by atoms with Gasteiger partial charge in [-0.2, -0.15) is 8.42 Å². The van der Waals surface area contributed by atoms with Crippen LogP contribution in [0.15, 0.2) is 48.5 Å². The van der Waals surface area contributed by atoms with E-state index in [2.05, 4.69) is 5.32 Å². The molecule has 0 aromatic heterocycles. The van der Waals surface area contributed by atoms with E-state index in [1.165, 1.54) is 12.1 Å². The van der Waals surface area contributed by atoms with Crippen molar-refractivity contribution < 1.29 is 21.4 Å². The third kappa shape index (κ3) is 5.25. The van der Waals surface area contributed by atoms with E-state index in [9.17, 15) is 17.2 Å². The first-order chi connectivity index (χ1) is 12.4. The molecule has 2 unspecified atom stereocenters. The van der Waals surface area contributed by atoms with E-state index in [0.717, 1.165) is 25.3 Å². The SMILES string of the molecule is CS(=O)(=O)OC(C(c1ccccc1)c1cccc(F)c1F)[C@H]1CCCN1.Cl. The van der Waals surface area contributed by atoms with Crippen LogP contribution in [0.3, 0.4) is 0 Å². The highest BCUT2D eigenvalue weighted by Crippen LogP contribution is 2.36. The maximum atomic E-state index is 14.6. The highest BCUT2D eigenvalue weighted by atomic mass is 35.5. The third-order valence-corrected chi connectivity index (χ3v) is 5.16. The van der Waals surface area contributed by atoms with Gasteiger partial charge in [-0.25, -0.2) is 8.78 Å². The quantitative estimate of drug-likeness (QED) is 0.729. The van der Waals surface area contributed by atoms with Crippen LogP contribution in [-0.4, -0.2) is 33.4 Å². The molecule has 0 amide bonds. The lowest BCUT2D eigenvalue weighted by Crippen LogP contribution is -2.42. The Morgan fingerprint density at radius 3 is 2.41 bits per heavy atom. The van der Waals surface area contributed by atoms with Crippen molar-refractivity contribution in [2.45, 2.75) is 30.9 Å². The molecule has 1 fully saturated rings. The molecule has 0 saturated carbocycles. The molecule has 1 aliphatic rings. The van der Waals surface area contributed by atoms with E-state index in [-0.39, 0.29) is 24.0 Å². The van der Waals surface area contributed by atoms with Gasteiger partial charge in [0.05, 0.1) is 6.26 Å². The minimum absolute atomic E-state index is 0. The molecule has 0 radical (unpaired) electrons. The summed E-state index contributed by atoms with van der Waals surface area (Å²) in [5.74, 6) is -2.72. The molecule has 3 atom stereocenters. The van der Waals surface area contributed by atoms with Gasteiger partial charge in [0.2, 0.25) is 0 Å². The molecular formula is C19H22ClF2NO3S. The number of hydrogen-bond acceptors (Lipinski definition) is 4. The summed E-state index contributed by atoms with van der Waals surface area (Å²) in [6.07, 6.45) is 1.65. The van der Waals surface area contributed by atoms with Crippen molar-refractivity contribution in [3.05, 3.63) is 71.3 Å². The highest BCUT2D eigenvalue weighted by Gasteiger charge is 2.38. The van der Waals surface area contributed by atoms with Gasteiger partial charge in [0.1, 0.15) is 6.10 Å². The van der Waals surface area contributed by atoms with Crippen molar-refractivity contribution in [3.8, 4) is 0 Å². The van der Waals surface area contributed by atoms with Crippen LogP contribution in [-0.2, 0) is 14.3 Å². The van der Waals surface area contributed by atoms with Crippen molar-refractivity contribution in [2.75, 3.05) is 12.8 Å². The molecule has 1 aliphatic heterocycles. The van der Waals surface area contributed by atoms with Gasteiger partial charge >= 0.3 is 0 Å². The maximum Gasteiger partial charge on any atom is 0.264 e. The standard InChI is InChI=1S/C19H21F2NO3S.ClH/c1-26(23,24)25-19(16-11-6-12-22-16)17(13-7-3-2-4-8-13)14-9-5-10-15(20)18(14)21;/h2-5,7-10,16-17,19,22H,6,11-12H2,1H3;1H/t16-,17?,19?;/m1./s1. The lowest BCUT2D eigenvalue weighted by Gasteiger charge is -2.32. The molecular weight excluding hydrogens is 396 g/mol. The lowest BCUT2D eigenvalue weighted by atomic mass is 9.83. The molecule has 27 heavy (non-hydrogen) atoms. The first-order valence-corrected chi connectivity index (χ1v) is 10.3. The molecule has 0 spiro atoms. The third-order valence-electron chi connectivity index (χ3n) is 4.58. The van der Waals surface area contributed by atoms with Crippen LogP contribution in [0.2, 0.25) is 0 Å². The maximum absolute atomic E-state index is 14.6. The molecule has 8 heteroatoms. The number of halogens is 3. The first kappa shape index (κ1) is 21.8. The number of rotatable bonds is 6. The fourth-order valence-electron chi connectivity index (χ4n) is 3.52. The second-order valence-corrected chi connectivity index (χ2v) is 8.10. The molecule has 1 heterocycles. The minimum atomic E-state index is -3.80. The average Bonchev–Trinajstić information content (AvgIpc) is 3.12. The zero-order chi connectivity index (χ0) is 18.7. The molecule has 1 saturated heterocycles. The zero-order valence-electron chi connectivity index (χ0n) is 14.8. The fraction of sp³-hybridized carbons (Fsp3) is 0.368. The van der Waals surface area contributed by atoms with E-state index in [1.807, 2.05) is 6.07 Å². The molecule has 3 rings (SSSR count). The molecule has 2 aromatic rings. The Balaban J connectivity index is 0.00000261. The van der Waals surface area contributed by atoms with Crippen LogP contribution < -0.4 is 5.32 Å². The zero-order valence-corrected chi connectivity index (χ0v) is 16.4. The topological polar surface area (TPSA) is 55.4 Å². The summed E-state index contributed by atoms with van der Waals surface area (Å²) in [6, 6.07) is 12.6. The van der Waals surface area contributed by atoms with Gasteiger partial charge in [0, 0.05) is 17.5 Å². The van der Waals surface area contributed by atoms with Crippen LogP contribution in [0.5, 0.6) is 0 Å². The molecule has 0 aliphatic carbocycles. The van der Waals surface area contributed by atoms with Crippen molar-refractivity contribution in [1.82, 2.24) is 5.32 Å². The van der Waals surface area contributed by atoms with Crippen molar-refractivity contribution in [2.24, 2.45) is 0 Å². The fourth-order valence-corrected chi connectivity index (χ4v) is 4.16. The van der Waals surface area contributed by atoms with Crippen molar-refractivity contribution in [3.63, 3.8) is 0 Å². The minimum Gasteiger partial charge on any atom is -0.311 e. The Morgan fingerprint density at radius 2 is 1.81 bits per heavy atom. The van der Waals surface area contributed by atoms with Gasteiger partial charge < -0.3 is 5.32 Å². The number of benzene rings is 2. The lowest BCUT2D eigenvalue weighted by molar-refractivity contribution is 0.151. The van der Waals surface area contributed by atoms with Gasteiger partial charge in [-0.05, 0) is 31.0 Å². The second-order valence-electron chi connectivity index (χ2n) is 6.50. The highest BCUT2D eigenvalue weighted by molar-refractivity contribution is 7.86. The van der Waals surface area contributed by atoms with Crippen molar-refractivity contribution in [1.29, 1.82) is 0 Å². The van der Waals surface area contributed by atoms with Crippen molar-refractivity contribution >= 4 is 22.5 Å². The summed E-state index contributed by atoms with van der Waals surface area (Å²) < 4.78 is 57.7. The largest absolute Gasteiger partial charge is 0.311 e. The van der Waals surface area contributed by atoms with E-state index >= 15 is 0 Å². The summed E-state index contributed by atoms with van der Waals surface area (Å²) >= 11 is 0. The van der Waals surface area contributed by atoms with Gasteiger partial charge in [-0.3, -0.25) is 4.18 Å². The van der Waals surface area contributed by atoms with Crippen LogP contribution in [0.25, 0.3) is 0 Å². The van der Waals surface area contributed by atoms with E-state index in [0.29, 0.717) is 12.0 Å². The summed E-state index contributed by atoms with van der Waals surface area (Å²) in [5, 5.41) is 3.23. The predicted octanol–water partition coefficient (Wildman–Crippen LogP) is 3.62. The Labute approximate surface area is 164 Å².